The molecule has 0 aromatic rings. The number of ether oxygens (including phenoxy) is 1. The molecule has 0 atom stereocenters. The van der Waals surface area contributed by atoms with E-state index in [-0.39, 0.29) is 5.97 Å². The van der Waals surface area contributed by atoms with E-state index < -0.39 is 18.4 Å². The van der Waals surface area contributed by atoms with Crippen LogP contribution < -0.4 is 0 Å². The Morgan fingerprint density at radius 3 is 0.909 bits per heavy atom. The second-order valence-corrected chi connectivity index (χ2v) is 28.4. The molecule has 3 heteroatoms. The Kier molecular flexibility index (Phi) is 36.3. The first-order valence-electron chi connectivity index (χ1n) is 20.8. The zero-order chi connectivity index (χ0) is 32.2. The first-order chi connectivity index (χ1) is 21.6. The summed E-state index contributed by atoms with van der Waals surface area (Å²) < 4.78 is 11.6. The van der Waals surface area contributed by atoms with Crippen molar-refractivity contribution in [3.63, 3.8) is 0 Å². The van der Waals surface area contributed by atoms with E-state index in [0.29, 0.717) is 6.42 Å². The molecule has 0 spiro atoms. The van der Waals surface area contributed by atoms with Crippen molar-refractivity contribution < 1.29 is 9.53 Å². The van der Waals surface area contributed by atoms with Crippen molar-refractivity contribution >= 4 is 24.3 Å². The molecule has 0 saturated carbocycles. The van der Waals surface area contributed by atoms with Crippen LogP contribution in [0.5, 0.6) is 0 Å². The van der Waals surface area contributed by atoms with Crippen molar-refractivity contribution in [2.45, 2.75) is 246 Å². The number of rotatable bonds is 37. The molecule has 0 aliphatic heterocycles. The Morgan fingerprint density at radius 1 is 0.364 bits per heavy atom. The number of hydrogen-bond acceptors (Lipinski definition) is 2. The minimum atomic E-state index is -2.54. The smallest absolute Gasteiger partial charge is 0.0654 e. The summed E-state index contributed by atoms with van der Waals surface area (Å²) in [6, 6.07) is 0. The van der Waals surface area contributed by atoms with Gasteiger partial charge >= 0.3 is 272 Å². The van der Waals surface area contributed by atoms with Gasteiger partial charge in [0.1, 0.15) is 0 Å². The van der Waals surface area contributed by atoms with Crippen molar-refractivity contribution in [1.29, 1.82) is 0 Å². The maximum absolute atomic E-state index is 12.9. The van der Waals surface area contributed by atoms with Crippen molar-refractivity contribution in [1.82, 2.24) is 0 Å². The van der Waals surface area contributed by atoms with E-state index in [2.05, 4.69) is 27.7 Å². The predicted octanol–water partition coefficient (Wildman–Crippen LogP) is 15.1. The number of carbonyl (C=O) groups excluding carboxylic acids is 1. The molecular weight excluding hydrogens is 643 g/mol. The first kappa shape index (κ1) is 44.3. The third kappa shape index (κ3) is 30.9. The van der Waals surface area contributed by atoms with Crippen LogP contribution in [0.15, 0.2) is 0 Å². The van der Waals surface area contributed by atoms with Gasteiger partial charge in [-0.05, 0) is 0 Å². The van der Waals surface area contributed by atoms with Crippen molar-refractivity contribution in [2.24, 2.45) is 0 Å². The fraction of sp³-hybridized carbons (Fsp3) is 0.976. The quantitative estimate of drug-likeness (QED) is 0.0362. The second kappa shape index (κ2) is 36.1. The second-order valence-electron chi connectivity index (χ2n) is 14.7. The number of unbranched alkanes of at least 4 members (excludes halogenated alkanes) is 27. The van der Waals surface area contributed by atoms with Gasteiger partial charge in [0.15, 0.2) is 0 Å². The Bertz CT molecular complexity index is 547. The molecule has 0 aromatic heterocycles. The summed E-state index contributed by atoms with van der Waals surface area (Å²) >= 11 is -2.54. The number of carbonyl (C=O) groups is 1. The summed E-state index contributed by atoms with van der Waals surface area (Å²) in [5.41, 5.74) is 0. The molecule has 0 aromatic carbocycles. The molecule has 0 unspecified atom stereocenters. The van der Waals surface area contributed by atoms with Crippen molar-refractivity contribution in [3.8, 4) is 0 Å². The van der Waals surface area contributed by atoms with E-state index in [9.17, 15) is 4.79 Å². The Hall–Kier alpha value is 0.269. The molecule has 0 amide bonds. The average Bonchev–Trinajstić information content (AvgIpc) is 3.03. The minimum absolute atomic E-state index is 0.128. The summed E-state index contributed by atoms with van der Waals surface area (Å²) in [6.07, 6.45) is 43.2. The zero-order valence-electron chi connectivity index (χ0n) is 31.3. The van der Waals surface area contributed by atoms with E-state index in [1.165, 1.54) is 206 Å². The van der Waals surface area contributed by atoms with Crippen LogP contribution in [0.25, 0.3) is 0 Å². The first-order valence-corrected chi connectivity index (χ1v) is 28.9. The van der Waals surface area contributed by atoms with E-state index in [0.717, 1.165) is 11.0 Å². The fourth-order valence-corrected chi connectivity index (χ4v) is 20.3. The SMILES string of the molecule is CCCCCCCCCCC[CH2][Sn]([CH2]CCCCCCC)([CH2]CCCCCCC)[CH2]OC(=O)CCCCCCCCCCC. The summed E-state index contributed by atoms with van der Waals surface area (Å²) in [6.45, 7) is 9.23. The van der Waals surface area contributed by atoms with E-state index in [1.807, 2.05) is 0 Å². The average molecular weight is 728 g/mol. The molecule has 0 radical (unpaired) electrons. The molecule has 0 heterocycles. The molecule has 0 rings (SSSR count). The van der Waals surface area contributed by atoms with Crippen LogP contribution in [-0.2, 0) is 9.53 Å². The van der Waals surface area contributed by atoms with Gasteiger partial charge < -0.3 is 0 Å². The molecule has 2 nitrogen and oxygen atoms in total. The Morgan fingerprint density at radius 2 is 0.614 bits per heavy atom. The Labute approximate surface area is 283 Å². The van der Waals surface area contributed by atoms with Gasteiger partial charge in [-0.15, -0.1) is 0 Å². The fourth-order valence-electron chi connectivity index (χ4n) is 7.03. The summed E-state index contributed by atoms with van der Waals surface area (Å²) in [5, 5.41) is 0. The van der Waals surface area contributed by atoms with E-state index >= 15 is 0 Å². The van der Waals surface area contributed by atoms with Gasteiger partial charge in [0.05, 0.1) is 0 Å². The van der Waals surface area contributed by atoms with Gasteiger partial charge in [0, 0.05) is 0 Å². The van der Waals surface area contributed by atoms with Crippen molar-refractivity contribution in [2.75, 3.05) is 4.62 Å². The third-order valence-electron chi connectivity index (χ3n) is 10.2. The molecule has 0 aliphatic carbocycles. The van der Waals surface area contributed by atoms with Crippen LogP contribution in [0, 0.1) is 0 Å². The Balaban J connectivity index is 4.84. The molecule has 0 aliphatic rings. The summed E-state index contributed by atoms with van der Waals surface area (Å²) in [7, 11) is 0. The zero-order valence-corrected chi connectivity index (χ0v) is 34.1. The van der Waals surface area contributed by atoms with Gasteiger partial charge in [0.2, 0.25) is 0 Å². The summed E-state index contributed by atoms with van der Waals surface area (Å²) in [4.78, 5) is 12.9. The van der Waals surface area contributed by atoms with Crippen molar-refractivity contribution in [3.05, 3.63) is 0 Å². The van der Waals surface area contributed by atoms with Crippen LogP contribution in [0.2, 0.25) is 13.3 Å². The molecule has 0 fully saturated rings. The van der Waals surface area contributed by atoms with Gasteiger partial charge in [-0.25, -0.2) is 0 Å². The van der Waals surface area contributed by atoms with Crippen LogP contribution in [0.1, 0.15) is 233 Å². The predicted molar refractivity (Wildman–Crippen MR) is 202 cm³/mol. The summed E-state index contributed by atoms with van der Waals surface area (Å²) in [5.74, 6) is 0.128. The minimum Gasteiger partial charge on any atom is -0.0654 e. The molecule has 0 bridgehead atoms. The number of hydrogen-bond donors (Lipinski definition) is 0. The normalized spacial score (nSPS) is 11.8. The molecular formula is C41H84O2Sn. The maximum atomic E-state index is 12.9. The molecule has 44 heavy (non-hydrogen) atoms. The topological polar surface area (TPSA) is 26.3 Å². The van der Waals surface area contributed by atoms with Gasteiger partial charge in [0.25, 0.3) is 0 Å². The van der Waals surface area contributed by atoms with Crippen LogP contribution in [0.3, 0.4) is 0 Å². The molecule has 0 N–H and O–H groups in total. The van der Waals surface area contributed by atoms with Crippen LogP contribution in [0.4, 0.5) is 0 Å². The van der Waals surface area contributed by atoms with Gasteiger partial charge in [-0.2, -0.15) is 0 Å². The van der Waals surface area contributed by atoms with Crippen LogP contribution in [-0.4, -0.2) is 29.0 Å². The monoisotopic (exact) mass is 729 g/mol. The third-order valence-corrected chi connectivity index (χ3v) is 24.5. The van der Waals surface area contributed by atoms with Crippen LogP contribution >= 0.6 is 0 Å². The molecule has 264 valence electrons. The van der Waals surface area contributed by atoms with Gasteiger partial charge in [-0.1, -0.05) is 13.3 Å². The van der Waals surface area contributed by atoms with E-state index in [1.54, 1.807) is 0 Å². The van der Waals surface area contributed by atoms with Gasteiger partial charge in [-0.3, -0.25) is 0 Å². The standard InChI is InChI=1S/C13H25O2.C12H25.2C8H17.Sn/c1-3-4-5-6-7-8-9-10-11-12-13(14)15-2;1-3-5-7-9-11-12-10-8-6-4-2;2*1-3-5-7-8-6-4-2;/h2-12H2,1H3;1,3-12H2,2H3;2*1,3-8H2,2H3;. The van der Waals surface area contributed by atoms with E-state index in [4.69, 9.17) is 4.74 Å². The number of esters is 1. The molecule has 0 saturated heterocycles.